The number of hydrogen-bond acceptors (Lipinski definition) is 7. The molecule has 0 saturated carbocycles. The van der Waals surface area contributed by atoms with Crippen LogP contribution in [-0.2, 0) is 25.6 Å². The summed E-state index contributed by atoms with van der Waals surface area (Å²) in [5.74, 6) is -2.40. The third-order valence-electron chi connectivity index (χ3n) is 5.19. The number of carboxylic acids is 1. The van der Waals surface area contributed by atoms with E-state index in [2.05, 4.69) is 20.9 Å². The fourth-order valence-electron chi connectivity index (χ4n) is 3.13. The lowest BCUT2D eigenvalue weighted by Crippen LogP contribution is -2.57. The minimum atomic E-state index is -1.22. The highest BCUT2D eigenvalue weighted by Gasteiger charge is 2.29. The lowest BCUT2D eigenvalue weighted by atomic mass is 10.0. The molecule has 13 heteroatoms. The molecule has 10 N–H and O–H groups in total. The Bertz CT molecular complexity index is 896. The molecular weight excluding hydrogens is 486 g/mol. The van der Waals surface area contributed by atoms with Gasteiger partial charge in [-0.2, -0.15) is 11.8 Å². The molecule has 1 aromatic carbocycles. The highest BCUT2D eigenvalue weighted by atomic mass is 32.2. The van der Waals surface area contributed by atoms with Crippen molar-refractivity contribution in [3.63, 3.8) is 0 Å². The van der Waals surface area contributed by atoms with E-state index in [0.717, 1.165) is 5.56 Å². The molecular formula is C23H37N7O5S. The summed E-state index contributed by atoms with van der Waals surface area (Å²) in [6.07, 6.45) is 2.99. The van der Waals surface area contributed by atoms with Crippen LogP contribution in [0.15, 0.2) is 35.3 Å². The number of aliphatic carboxylic acids is 1. The number of carbonyl (C=O) groups excluding carboxylic acids is 3. The monoisotopic (exact) mass is 523 g/mol. The Labute approximate surface area is 215 Å². The molecule has 4 atom stereocenters. The van der Waals surface area contributed by atoms with Gasteiger partial charge in [0.2, 0.25) is 17.7 Å². The molecule has 1 aromatic rings. The van der Waals surface area contributed by atoms with Gasteiger partial charge in [0.25, 0.3) is 0 Å². The maximum atomic E-state index is 13.3. The van der Waals surface area contributed by atoms with Crippen LogP contribution in [0.5, 0.6) is 0 Å². The van der Waals surface area contributed by atoms with E-state index in [4.69, 9.17) is 22.3 Å². The first kappa shape index (κ1) is 30.7. The zero-order chi connectivity index (χ0) is 27.1. The number of guanidine groups is 1. The summed E-state index contributed by atoms with van der Waals surface area (Å²) < 4.78 is 0. The predicted octanol–water partition coefficient (Wildman–Crippen LogP) is -1.08. The van der Waals surface area contributed by atoms with E-state index in [1.54, 1.807) is 11.8 Å². The molecule has 36 heavy (non-hydrogen) atoms. The number of nitrogens with zero attached hydrogens (tertiary/aromatic N) is 1. The van der Waals surface area contributed by atoms with Crippen molar-refractivity contribution in [3.05, 3.63) is 35.9 Å². The molecule has 12 nitrogen and oxygen atoms in total. The molecule has 3 amide bonds. The standard InChI is InChI=1S/C23H37N7O5S/c1-14(22(34)35)28-20(32)17(9-6-11-27-23(25)26)29-21(33)18(13-15-7-4-3-5-8-15)30-19(31)16(24)10-12-36-2/h3-5,7-8,14,16-18H,6,9-13,24H2,1-2H3,(H,28,32)(H,29,33)(H,30,31)(H,34,35)(H4,25,26,27). The number of benzene rings is 1. The number of nitrogens with two attached hydrogens (primary N) is 3. The van der Waals surface area contributed by atoms with Crippen molar-refractivity contribution >= 4 is 41.4 Å². The smallest absolute Gasteiger partial charge is 0.325 e. The van der Waals surface area contributed by atoms with Crippen LogP contribution in [0.25, 0.3) is 0 Å². The fourth-order valence-corrected chi connectivity index (χ4v) is 3.62. The largest absolute Gasteiger partial charge is 0.480 e. The van der Waals surface area contributed by atoms with E-state index in [1.807, 2.05) is 36.6 Å². The van der Waals surface area contributed by atoms with Crippen LogP contribution in [0.2, 0.25) is 0 Å². The van der Waals surface area contributed by atoms with Gasteiger partial charge in [-0.3, -0.25) is 24.2 Å². The second-order valence-corrected chi connectivity index (χ2v) is 9.20. The van der Waals surface area contributed by atoms with Gasteiger partial charge in [0.1, 0.15) is 18.1 Å². The van der Waals surface area contributed by atoms with Crippen molar-refractivity contribution < 1.29 is 24.3 Å². The molecule has 200 valence electrons. The summed E-state index contributed by atoms with van der Waals surface area (Å²) in [4.78, 5) is 53.7. The number of thioether (sulfide) groups is 1. The number of nitrogens with one attached hydrogen (secondary N) is 3. The third-order valence-corrected chi connectivity index (χ3v) is 5.84. The minimum absolute atomic E-state index is 0.108. The van der Waals surface area contributed by atoms with Crippen LogP contribution in [-0.4, -0.2) is 77.5 Å². The van der Waals surface area contributed by atoms with E-state index in [9.17, 15) is 19.2 Å². The quantitative estimate of drug-likeness (QED) is 0.0795. The second kappa shape index (κ2) is 16.4. The molecule has 4 unspecified atom stereocenters. The molecule has 0 aliphatic carbocycles. The first-order valence-corrected chi connectivity index (χ1v) is 12.9. The Morgan fingerprint density at radius 2 is 1.58 bits per heavy atom. The van der Waals surface area contributed by atoms with E-state index < -0.39 is 47.9 Å². The van der Waals surface area contributed by atoms with Crippen LogP contribution in [0.3, 0.4) is 0 Å². The topological polar surface area (TPSA) is 215 Å². The molecule has 0 aliphatic rings. The van der Waals surface area contributed by atoms with Crippen LogP contribution in [0, 0.1) is 0 Å². The Balaban J connectivity index is 3.05. The van der Waals surface area contributed by atoms with E-state index >= 15 is 0 Å². The first-order valence-electron chi connectivity index (χ1n) is 11.5. The van der Waals surface area contributed by atoms with Gasteiger partial charge in [-0.05, 0) is 43.8 Å². The summed E-state index contributed by atoms with van der Waals surface area (Å²) >= 11 is 1.55. The van der Waals surface area contributed by atoms with Gasteiger partial charge < -0.3 is 38.3 Å². The zero-order valence-corrected chi connectivity index (χ0v) is 21.4. The van der Waals surface area contributed by atoms with Crippen molar-refractivity contribution in [1.29, 1.82) is 0 Å². The maximum absolute atomic E-state index is 13.3. The summed E-state index contributed by atoms with van der Waals surface area (Å²) in [5.41, 5.74) is 17.4. The van der Waals surface area contributed by atoms with Crippen molar-refractivity contribution in [2.75, 3.05) is 18.6 Å². The van der Waals surface area contributed by atoms with Crippen LogP contribution in [0.1, 0.15) is 31.7 Å². The van der Waals surface area contributed by atoms with Crippen molar-refractivity contribution in [2.45, 2.75) is 56.8 Å². The molecule has 0 radical (unpaired) electrons. The second-order valence-electron chi connectivity index (χ2n) is 8.22. The summed E-state index contributed by atoms with van der Waals surface area (Å²) in [7, 11) is 0. The number of aliphatic imine (C=N–C) groups is 1. The predicted molar refractivity (Wildman–Crippen MR) is 140 cm³/mol. The van der Waals surface area contributed by atoms with Crippen molar-refractivity contribution in [2.24, 2.45) is 22.2 Å². The molecule has 0 aliphatic heterocycles. The lowest BCUT2D eigenvalue weighted by Gasteiger charge is -2.25. The number of amides is 3. The Hall–Kier alpha value is -3.32. The number of hydrogen-bond donors (Lipinski definition) is 7. The molecule has 0 saturated heterocycles. The van der Waals surface area contributed by atoms with Gasteiger partial charge in [-0.15, -0.1) is 0 Å². The first-order chi connectivity index (χ1) is 17.0. The van der Waals surface area contributed by atoms with Gasteiger partial charge in [-0.25, -0.2) is 0 Å². The van der Waals surface area contributed by atoms with Crippen molar-refractivity contribution in [3.8, 4) is 0 Å². The normalized spacial score (nSPS) is 14.0. The van der Waals surface area contributed by atoms with Gasteiger partial charge >= 0.3 is 5.97 Å². The molecule has 0 fully saturated rings. The fraction of sp³-hybridized carbons (Fsp3) is 0.522. The lowest BCUT2D eigenvalue weighted by molar-refractivity contribution is -0.141. The average molecular weight is 524 g/mol. The third kappa shape index (κ3) is 11.9. The number of carbonyl (C=O) groups is 4. The van der Waals surface area contributed by atoms with Gasteiger partial charge in [-0.1, -0.05) is 30.3 Å². The van der Waals surface area contributed by atoms with Gasteiger partial charge in [0.05, 0.1) is 6.04 Å². The molecule has 0 spiro atoms. The SMILES string of the molecule is CSCCC(N)C(=O)NC(Cc1ccccc1)C(=O)NC(CCCN=C(N)N)C(=O)NC(C)C(=O)O. The average Bonchev–Trinajstić information content (AvgIpc) is 2.83. The molecule has 0 bridgehead atoms. The Morgan fingerprint density at radius 3 is 2.17 bits per heavy atom. The van der Waals surface area contributed by atoms with Crippen molar-refractivity contribution in [1.82, 2.24) is 16.0 Å². The maximum Gasteiger partial charge on any atom is 0.325 e. The number of rotatable bonds is 16. The van der Waals surface area contributed by atoms with Gasteiger partial charge in [0.15, 0.2) is 5.96 Å². The summed E-state index contributed by atoms with van der Waals surface area (Å²) in [6, 6.07) is 5.03. The highest BCUT2D eigenvalue weighted by Crippen LogP contribution is 2.07. The Morgan fingerprint density at radius 1 is 0.972 bits per heavy atom. The minimum Gasteiger partial charge on any atom is -0.480 e. The van der Waals surface area contributed by atoms with E-state index in [-0.39, 0.29) is 25.3 Å². The highest BCUT2D eigenvalue weighted by molar-refractivity contribution is 7.98. The van der Waals surface area contributed by atoms with Gasteiger partial charge in [0, 0.05) is 13.0 Å². The summed E-state index contributed by atoms with van der Waals surface area (Å²) in [6.45, 7) is 1.53. The van der Waals surface area contributed by atoms with E-state index in [0.29, 0.717) is 18.6 Å². The Kier molecular flexibility index (Phi) is 14.0. The molecule has 1 rings (SSSR count). The van der Waals surface area contributed by atoms with E-state index in [1.165, 1.54) is 6.92 Å². The zero-order valence-electron chi connectivity index (χ0n) is 20.6. The molecule has 0 aromatic heterocycles. The van der Waals surface area contributed by atoms with Crippen LogP contribution >= 0.6 is 11.8 Å². The summed E-state index contributed by atoms with van der Waals surface area (Å²) in [5, 5.41) is 16.8. The molecule has 0 heterocycles. The number of carboxylic acid groups (broad SMARTS) is 1. The van der Waals surface area contributed by atoms with Crippen LogP contribution in [0.4, 0.5) is 0 Å². The van der Waals surface area contributed by atoms with Crippen LogP contribution < -0.4 is 33.2 Å².